The van der Waals surface area contributed by atoms with E-state index in [9.17, 15) is 9.18 Å². The molecule has 0 unspecified atom stereocenters. The fourth-order valence-electron chi connectivity index (χ4n) is 1.08. The smallest absolute Gasteiger partial charge is 0.252 e. The monoisotopic (exact) mass is 321 g/mol. The molecule has 0 aliphatic rings. The molecule has 1 N–H and O–H groups in total. The van der Waals surface area contributed by atoms with Crippen molar-refractivity contribution in [2.45, 2.75) is 26.3 Å². The summed E-state index contributed by atoms with van der Waals surface area (Å²) in [5.74, 6) is -0.599. The van der Waals surface area contributed by atoms with Gasteiger partial charge in [-0.25, -0.2) is 4.39 Å². The molecular weight excluding hydrogens is 308 g/mol. The Morgan fingerprint density at radius 1 is 1.60 bits per heavy atom. The average molecular weight is 321 g/mol. The van der Waals surface area contributed by atoms with Crippen LogP contribution in [0.5, 0.6) is 0 Å². The maximum atomic E-state index is 12.9. The van der Waals surface area contributed by atoms with Crippen molar-refractivity contribution >= 4 is 28.5 Å². The molecule has 0 radical (unpaired) electrons. The lowest BCUT2D eigenvalue weighted by molar-refractivity contribution is 0.0938. The number of carbonyl (C=O) groups excluding carboxylic acids is 1. The summed E-state index contributed by atoms with van der Waals surface area (Å²) in [6.45, 7) is 3.91. The molecule has 1 amide bonds. The van der Waals surface area contributed by atoms with E-state index in [0.29, 0.717) is 5.56 Å². The summed E-state index contributed by atoms with van der Waals surface area (Å²) in [6.07, 6.45) is 0.859. The third-order valence-electron chi connectivity index (χ3n) is 2.16. The van der Waals surface area contributed by atoms with Crippen LogP contribution in [0.4, 0.5) is 4.39 Å². The number of rotatable bonds is 3. The highest BCUT2D eigenvalue weighted by Gasteiger charge is 2.12. The van der Waals surface area contributed by atoms with Crippen LogP contribution in [-0.4, -0.2) is 11.9 Å². The molecule has 1 aromatic carbocycles. The third kappa shape index (κ3) is 3.44. The van der Waals surface area contributed by atoms with Gasteiger partial charge in [0.05, 0.1) is 5.56 Å². The molecule has 1 rings (SSSR count). The first-order valence-corrected chi connectivity index (χ1v) is 5.88. The van der Waals surface area contributed by atoms with Gasteiger partial charge in [0.2, 0.25) is 0 Å². The van der Waals surface area contributed by atoms with Crippen LogP contribution in [0, 0.1) is 9.39 Å². The maximum absolute atomic E-state index is 12.9. The number of benzene rings is 1. The Morgan fingerprint density at radius 2 is 2.27 bits per heavy atom. The van der Waals surface area contributed by atoms with Crippen LogP contribution in [-0.2, 0) is 0 Å². The lowest BCUT2D eigenvalue weighted by atomic mass is 10.2. The highest BCUT2D eigenvalue weighted by Crippen LogP contribution is 2.14. The molecule has 0 bridgehead atoms. The molecule has 82 valence electrons. The van der Waals surface area contributed by atoms with Crippen molar-refractivity contribution in [3.63, 3.8) is 0 Å². The second-order valence-corrected chi connectivity index (χ2v) is 4.57. The van der Waals surface area contributed by atoms with E-state index in [0.717, 1.165) is 9.99 Å². The highest BCUT2D eigenvalue weighted by molar-refractivity contribution is 14.1. The quantitative estimate of drug-likeness (QED) is 0.852. The summed E-state index contributed by atoms with van der Waals surface area (Å²) in [5, 5.41) is 2.80. The van der Waals surface area contributed by atoms with Gasteiger partial charge in [0.25, 0.3) is 5.91 Å². The molecule has 1 aromatic rings. The van der Waals surface area contributed by atoms with Gasteiger partial charge in [-0.1, -0.05) is 6.92 Å². The van der Waals surface area contributed by atoms with Gasteiger partial charge in [-0.05, 0) is 54.1 Å². The Labute approximate surface area is 102 Å². The predicted molar refractivity (Wildman–Crippen MR) is 66.3 cm³/mol. The first-order chi connectivity index (χ1) is 7.04. The SMILES string of the molecule is CC[C@@H](C)NC(=O)c1cc(F)ccc1I. The zero-order valence-electron chi connectivity index (χ0n) is 8.68. The minimum atomic E-state index is -0.385. The van der Waals surface area contributed by atoms with Crippen LogP contribution < -0.4 is 5.32 Å². The number of amides is 1. The summed E-state index contributed by atoms with van der Waals surface area (Å²) < 4.78 is 13.7. The van der Waals surface area contributed by atoms with E-state index in [1.165, 1.54) is 12.1 Å². The van der Waals surface area contributed by atoms with Crippen molar-refractivity contribution in [3.8, 4) is 0 Å². The van der Waals surface area contributed by atoms with Gasteiger partial charge in [0, 0.05) is 9.61 Å². The average Bonchev–Trinajstić information content (AvgIpc) is 2.21. The molecule has 0 saturated heterocycles. The van der Waals surface area contributed by atoms with Crippen molar-refractivity contribution in [2.75, 3.05) is 0 Å². The number of hydrogen-bond donors (Lipinski definition) is 1. The lowest BCUT2D eigenvalue weighted by Gasteiger charge is -2.12. The van der Waals surface area contributed by atoms with E-state index >= 15 is 0 Å². The molecule has 0 heterocycles. The van der Waals surface area contributed by atoms with E-state index in [1.54, 1.807) is 6.07 Å². The minimum absolute atomic E-state index is 0.108. The second-order valence-electron chi connectivity index (χ2n) is 3.41. The Bertz CT molecular complexity index is 368. The molecule has 0 fully saturated rings. The first kappa shape index (κ1) is 12.4. The van der Waals surface area contributed by atoms with Crippen molar-refractivity contribution in [1.29, 1.82) is 0 Å². The van der Waals surface area contributed by atoms with Gasteiger partial charge < -0.3 is 5.32 Å². The van der Waals surface area contributed by atoms with Gasteiger partial charge in [-0.15, -0.1) is 0 Å². The molecule has 2 nitrogen and oxygen atoms in total. The van der Waals surface area contributed by atoms with E-state index in [1.807, 2.05) is 36.4 Å². The van der Waals surface area contributed by atoms with E-state index in [4.69, 9.17) is 0 Å². The van der Waals surface area contributed by atoms with Gasteiger partial charge in [0.1, 0.15) is 5.82 Å². The normalized spacial score (nSPS) is 12.3. The largest absolute Gasteiger partial charge is 0.350 e. The minimum Gasteiger partial charge on any atom is -0.350 e. The Kier molecular flexibility index (Phi) is 4.50. The van der Waals surface area contributed by atoms with Crippen molar-refractivity contribution in [2.24, 2.45) is 0 Å². The molecule has 4 heteroatoms. The topological polar surface area (TPSA) is 29.1 Å². The third-order valence-corrected chi connectivity index (χ3v) is 3.10. The molecule has 0 aliphatic carbocycles. The standard InChI is InChI=1S/C11H13FINO/c1-3-7(2)14-11(15)9-6-8(12)4-5-10(9)13/h4-7H,3H2,1-2H3,(H,14,15)/t7-/m1/s1. The molecular formula is C11H13FINO. The van der Waals surface area contributed by atoms with Gasteiger partial charge >= 0.3 is 0 Å². The summed E-state index contributed by atoms with van der Waals surface area (Å²) in [7, 11) is 0. The maximum Gasteiger partial charge on any atom is 0.252 e. The molecule has 1 atom stereocenters. The summed E-state index contributed by atoms with van der Waals surface area (Å²) in [6, 6.07) is 4.32. The second kappa shape index (κ2) is 5.44. The van der Waals surface area contributed by atoms with Crippen LogP contribution in [0.1, 0.15) is 30.6 Å². The number of hydrogen-bond acceptors (Lipinski definition) is 1. The van der Waals surface area contributed by atoms with Crippen molar-refractivity contribution in [3.05, 3.63) is 33.1 Å². The predicted octanol–water partition coefficient (Wildman–Crippen LogP) is 2.96. The van der Waals surface area contributed by atoms with Crippen LogP contribution in [0.2, 0.25) is 0 Å². The van der Waals surface area contributed by atoms with Crippen LogP contribution in [0.25, 0.3) is 0 Å². The Morgan fingerprint density at radius 3 is 2.87 bits per heavy atom. The zero-order valence-corrected chi connectivity index (χ0v) is 10.8. The van der Waals surface area contributed by atoms with Gasteiger partial charge in [0.15, 0.2) is 0 Å². The molecule has 0 aliphatic heterocycles. The Balaban J connectivity index is 2.86. The van der Waals surface area contributed by atoms with Crippen LogP contribution >= 0.6 is 22.6 Å². The summed E-state index contributed by atoms with van der Waals surface area (Å²) in [5.41, 5.74) is 0.399. The zero-order chi connectivity index (χ0) is 11.4. The summed E-state index contributed by atoms with van der Waals surface area (Å²) in [4.78, 5) is 11.7. The van der Waals surface area contributed by atoms with Gasteiger partial charge in [-0.2, -0.15) is 0 Å². The molecule has 0 aromatic heterocycles. The van der Waals surface area contributed by atoms with Crippen molar-refractivity contribution < 1.29 is 9.18 Å². The number of carbonyl (C=O) groups is 1. The first-order valence-electron chi connectivity index (χ1n) is 4.80. The van der Waals surface area contributed by atoms with Gasteiger partial charge in [-0.3, -0.25) is 4.79 Å². The summed E-state index contributed by atoms with van der Waals surface area (Å²) >= 11 is 2.02. The number of halogens is 2. The van der Waals surface area contributed by atoms with Crippen molar-refractivity contribution in [1.82, 2.24) is 5.32 Å². The molecule has 0 spiro atoms. The fraction of sp³-hybridized carbons (Fsp3) is 0.364. The number of nitrogens with one attached hydrogen (secondary N) is 1. The van der Waals surface area contributed by atoms with E-state index < -0.39 is 0 Å². The van der Waals surface area contributed by atoms with E-state index in [2.05, 4.69) is 5.32 Å². The lowest BCUT2D eigenvalue weighted by Crippen LogP contribution is -2.32. The van der Waals surface area contributed by atoms with Crippen LogP contribution in [0.3, 0.4) is 0 Å². The highest BCUT2D eigenvalue weighted by atomic mass is 127. The van der Waals surface area contributed by atoms with Crippen LogP contribution in [0.15, 0.2) is 18.2 Å². The molecule has 0 saturated carbocycles. The fourth-order valence-corrected chi connectivity index (χ4v) is 1.66. The Hall–Kier alpha value is -0.650. The van der Waals surface area contributed by atoms with E-state index in [-0.39, 0.29) is 17.8 Å². The molecule has 15 heavy (non-hydrogen) atoms.